The van der Waals surface area contributed by atoms with Crippen LogP contribution in [0.3, 0.4) is 0 Å². The lowest BCUT2D eigenvalue weighted by molar-refractivity contribution is 0.0918. The molecule has 2 saturated carbocycles. The number of carbonyl (C=O) groups is 1. The number of hydrogen-bond acceptors (Lipinski definition) is 4. The van der Waals surface area contributed by atoms with Crippen LogP contribution in [0, 0.1) is 5.41 Å². The molecule has 110 valence electrons. The molecule has 0 bridgehead atoms. The lowest BCUT2D eigenvalue weighted by Crippen LogP contribution is -2.39. The lowest BCUT2D eigenvalue weighted by Gasteiger charge is -2.29. The number of nitrogens with one attached hydrogen (secondary N) is 1. The fourth-order valence-corrected chi connectivity index (χ4v) is 3.49. The Hall–Kier alpha value is -1.95. The molecule has 2 heterocycles. The smallest absolute Gasteiger partial charge is 0.254 e. The van der Waals surface area contributed by atoms with Crippen molar-refractivity contribution in [1.82, 2.24) is 19.7 Å². The van der Waals surface area contributed by atoms with E-state index in [0.717, 1.165) is 32.1 Å². The summed E-state index contributed by atoms with van der Waals surface area (Å²) in [7, 11) is 0. The average Bonchev–Trinajstić information content (AvgIpc) is 2.91. The molecule has 1 unspecified atom stereocenters. The van der Waals surface area contributed by atoms with Gasteiger partial charge in [0.15, 0.2) is 0 Å². The fourth-order valence-electron chi connectivity index (χ4n) is 3.49. The number of nitrogens with zero attached hydrogens (tertiary/aromatic N) is 3. The lowest BCUT2D eigenvalue weighted by atomic mass is 9.83. The molecule has 2 aliphatic rings. The van der Waals surface area contributed by atoms with E-state index in [4.69, 9.17) is 5.73 Å². The van der Waals surface area contributed by atoms with E-state index in [1.165, 1.54) is 0 Å². The number of hydrogen-bond donors (Lipinski definition) is 2. The van der Waals surface area contributed by atoms with Crippen LogP contribution < -0.4 is 11.1 Å². The van der Waals surface area contributed by atoms with Crippen LogP contribution in [-0.2, 0) is 0 Å². The standard InChI is InChI=1S/C15H19N5O/c16-12-7-15(12)3-1-11(2-4-15)19-13(21)10-8-18-14-17-5-6-20(14)9-10/h5-6,8-9,11-12H,1-4,7,16H2,(H,19,21). The Balaban J connectivity index is 1.41. The zero-order valence-electron chi connectivity index (χ0n) is 11.8. The first-order chi connectivity index (χ1) is 10.2. The zero-order chi connectivity index (χ0) is 14.4. The van der Waals surface area contributed by atoms with Crippen LogP contribution in [0.2, 0.25) is 0 Å². The molecule has 1 amide bonds. The van der Waals surface area contributed by atoms with E-state index in [0.29, 0.717) is 22.8 Å². The first-order valence-corrected chi connectivity index (χ1v) is 7.51. The van der Waals surface area contributed by atoms with Crippen LogP contribution in [-0.4, -0.2) is 32.4 Å². The van der Waals surface area contributed by atoms with Crippen molar-refractivity contribution in [1.29, 1.82) is 0 Å². The third-order valence-corrected chi connectivity index (χ3v) is 5.08. The van der Waals surface area contributed by atoms with Gasteiger partial charge in [-0.2, -0.15) is 0 Å². The van der Waals surface area contributed by atoms with E-state index in [9.17, 15) is 4.79 Å². The molecule has 0 aliphatic heterocycles. The molecule has 0 saturated heterocycles. The molecule has 0 radical (unpaired) electrons. The quantitative estimate of drug-likeness (QED) is 0.866. The number of carbonyl (C=O) groups excluding carboxylic acids is 1. The number of aromatic nitrogens is 3. The highest BCUT2D eigenvalue weighted by atomic mass is 16.1. The Bertz CT molecular complexity index is 686. The van der Waals surface area contributed by atoms with Crippen LogP contribution in [0.25, 0.3) is 5.78 Å². The van der Waals surface area contributed by atoms with Gasteiger partial charge in [-0.1, -0.05) is 0 Å². The van der Waals surface area contributed by atoms with E-state index >= 15 is 0 Å². The number of rotatable bonds is 2. The molecule has 1 spiro atoms. The Morgan fingerprint density at radius 3 is 2.86 bits per heavy atom. The maximum atomic E-state index is 12.3. The number of nitrogens with two attached hydrogens (primary N) is 1. The van der Waals surface area contributed by atoms with Gasteiger partial charge in [0, 0.05) is 36.9 Å². The minimum atomic E-state index is -0.0563. The van der Waals surface area contributed by atoms with Crippen molar-refractivity contribution < 1.29 is 4.79 Å². The van der Waals surface area contributed by atoms with E-state index in [2.05, 4.69) is 15.3 Å². The minimum absolute atomic E-state index is 0.0563. The molecular weight excluding hydrogens is 266 g/mol. The molecule has 0 aromatic carbocycles. The fraction of sp³-hybridized carbons (Fsp3) is 0.533. The van der Waals surface area contributed by atoms with Gasteiger partial charge in [-0.3, -0.25) is 9.20 Å². The summed E-state index contributed by atoms with van der Waals surface area (Å²) >= 11 is 0. The molecule has 6 nitrogen and oxygen atoms in total. The predicted octanol–water partition coefficient (Wildman–Crippen LogP) is 1.12. The van der Waals surface area contributed by atoms with Crippen molar-refractivity contribution in [2.24, 2.45) is 11.1 Å². The van der Waals surface area contributed by atoms with Gasteiger partial charge in [-0.05, 0) is 37.5 Å². The summed E-state index contributed by atoms with van der Waals surface area (Å²) in [4.78, 5) is 20.6. The minimum Gasteiger partial charge on any atom is -0.349 e. The molecule has 2 fully saturated rings. The van der Waals surface area contributed by atoms with Gasteiger partial charge in [0.1, 0.15) is 0 Å². The van der Waals surface area contributed by atoms with Crippen molar-refractivity contribution in [3.8, 4) is 0 Å². The van der Waals surface area contributed by atoms with Crippen molar-refractivity contribution in [2.75, 3.05) is 0 Å². The Morgan fingerprint density at radius 1 is 1.38 bits per heavy atom. The first kappa shape index (κ1) is 12.8. The summed E-state index contributed by atoms with van der Waals surface area (Å²) in [6, 6.07) is 0.649. The Kier molecular flexibility index (Phi) is 2.75. The van der Waals surface area contributed by atoms with E-state index in [1.807, 2.05) is 0 Å². The van der Waals surface area contributed by atoms with Gasteiger partial charge in [0.2, 0.25) is 5.78 Å². The van der Waals surface area contributed by atoms with Crippen LogP contribution in [0.5, 0.6) is 0 Å². The molecule has 1 atom stereocenters. The molecule has 21 heavy (non-hydrogen) atoms. The largest absolute Gasteiger partial charge is 0.349 e. The third kappa shape index (κ3) is 2.19. The Morgan fingerprint density at radius 2 is 2.14 bits per heavy atom. The van der Waals surface area contributed by atoms with Crippen molar-refractivity contribution in [3.05, 3.63) is 30.4 Å². The van der Waals surface area contributed by atoms with Crippen LogP contribution in [0.1, 0.15) is 42.5 Å². The van der Waals surface area contributed by atoms with E-state index < -0.39 is 0 Å². The van der Waals surface area contributed by atoms with Gasteiger partial charge < -0.3 is 11.1 Å². The van der Waals surface area contributed by atoms with Crippen LogP contribution >= 0.6 is 0 Å². The van der Waals surface area contributed by atoms with Gasteiger partial charge in [0.25, 0.3) is 5.91 Å². The summed E-state index contributed by atoms with van der Waals surface area (Å²) in [5.41, 5.74) is 6.98. The maximum absolute atomic E-state index is 12.3. The zero-order valence-corrected chi connectivity index (χ0v) is 11.8. The van der Waals surface area contributed by atoms with Gasteiger partial charge in [0.05, 0.1) is 5.56 Å². The third-order valence-electron chi connectivity index (χ3n) is 5.08. The Labute approximate surface area is 122 Å². The monoisotopic (exact) mass is 285 g/mol. The van der Waals surface area contributed by atoms with Crippen LogP contribution in [0.15, 0.2) is 24.8 Å². The average molecular weight is 285 g/mol. The highest BCUT2D eigenvalue weighted by molar-refractivity contribution is 5.93. The summed E-state index contributed by atoms with van der Waals surface area (Å²) in [5, 5.41) is 3.12. The normalized spacial score (nSPS) is 31.5. The predicted molar refractivity (Wildman–Crippen MR) is 77.7 cm³/mol. The summed E-state index contributed by atoms with van der Waals surface area (Å²) in [6.07, 6.45) is 12.3. The second-order valence-electron chi connectivity index (χ2n) is 6.40. The summed E-state index contributed by atoms with van der Waals surface area (Å²) in [5.74, 6) is 0.549. The molecule has 6 heteroatoms. The van der Waals surface area contributed by atoms with Crippen molar-refractivity contribution in [2.45, 2.75) is 44.2 Å². The van der Waals surface area contributed by atoms with E-state index in [1.54, 1.807) is 29.2 Å². The summed E-state index contributed by atoms with van der Waals surface area (Å²) < 4.78 is 1.76. The highest BCUT2D eigenvalue weighted by Crippen LogP contribution is 2.54. The van der Waals surface area contributed by atoms with Gasteiger partial charge in [-0.15, -0.1) is 0 Å². The maximum Gasteiger partial charge on any atom is 0.254 e. The van der Waals surface area contributed by atoms with Gasteiger partial charge >= 0.3 is 0 Å². The second-order valence-corrected chi connectivity index (χ2v) is 6.40. The molecule has 2 aliphatic carbocycles. The number of amides is 1. The van der Waals surface area contributed by atoms with Crippen molar-refractivity contribution in [3.63, 3.8) is 0 Å². The van der Waals surface area contributed by atoms with E-state index in [-0.39, 0.29) is 11.9 Å². The molecular formula is C15H19N5O. The molecule has 3 N–H and O–H groups in total. The number of imidazole rings is 1. The topological polar surface area (TPSA) is 85.3 Å². The SMILES string of the molecule is NC1CC12CCC(NC(=O)c1cnc3nccn3c1)CC2. The van der Waals surface area contributed by atoms with Crippen molar-refractivity contribution >= 4 is 11.7 Å². The van der Waals surface area contributed by atoms with Gasteiger partial charge in [-0.25, -0.2) is 9.97 Å². The number of fused-ring (bicyclic) bond motifs is 1. The summed E-state index contributed by atoms with van der Waals surface area (Å²) in [6.45, 7) is 0. The molecule has 2 aromatic heterocycles. The molecule has 4 rings (SSSR count). The second kappa shape index (κ2) is 4.53. The first-order valence-electron chi connectivity index (χ1n) is 7.51. The molecule has 2 aromatic rings. The highest BCUT2D eigenvalue weighted by Gasteiger charge is 2.52. The van der Waals surface area contributed by atoms with Crippen LogP contribution in [0.4, 0.5) is 0 Å².